The molecule has 6 nitrogen and oxygen atoms in total. The first-order valence-corrected chi connectivity index (χ1v) is 10.3. The number of rotatable bonds is 4. The predicted molar refractivity (Wildman–Crippen MR) is 100 cm³/mol. The highest BCUT2D eigenvalue weighted by Crippen LogP contribution is 2.35. The molecule has 3 amide bonds. The van der Waals surface area contributed by atoms with Gasteiger partial charge >= 0.3 is 6.03 Å². The number of imide groups is 1. The van der Waals surface area contributed by atoms with Crippen molar-refractivity contribution in [2.75, 3.05) is 6.54 Å². The van der Waals surface area contributed by atoms with Gasteiger partial charge in [0.2, 0.25) is 5.91 Å². The van der Waals surface area contributed by atoms with Crippen LogP contribution in [0, 0.1) is 18.3 Å². The summed E-state index contributed by atoms with van der Waals surface area (Å²) < 4.78 is 26.8. The van der Waals surface area contributed by atoms with Crippen molar-refractivity contribution < 1.29 is 18.0 Å². The third-order valence-electron chi connectivity index (χ3n) is 4.95. The van der Waals surface area contributed by atoms with Gasteiger partial charge in [0.15, 0.2) is 0 Å². The van der Waals surface area contributed by atoms with Crippen LogP contribution in [0.3, 0.4) is 0 Å². The normalized spacial score (nSPS) is 19.8. The summed E-state index contributed by atoms with van der Waals surface area (Å²) in [6.07, 6.45) is 0.587. The van der Waals surface area contributed by atoms with Gasteiger partial charge in [-0.15, -0.1) is 0 Å². The Morgan fingerprint density at radius 3 is 2.23 bits per heavy atom. The third-order valence-corrected chi connectivity index (χ3v) is 6.70. The molecule has 144 valence electrons. The van der Waals surface area contributed by atoms with Crippen molar-refractivity contribution in [2.24, 2.45) is 11.3 Å². The van der Waals surface area contributed by atoms with Crippen molar-refractivity contribution in [3.63, 3.8) is 0 Å². The molecule has 0 bridgehead atoms. The molecular formula is C19H28N2O4S. The number of aryl methyl sites for hydroxylation is 1. The maximum absolute atomic E-state index is 13.0. The molecule has 2 atom stereocenters. The van der Waals surface area contributed by atoms with E-state index in [0.29, 0.717) is 6.42 Å². The van der Waals surface area contributed by atoms with Crippen LogP contribution in [0.1, 0.15) is 46.6 Å². The first-order chi connectivity index (χ1) is 11.9. The van der Waals surface area contributed by atoms with E-state index in [1.54, 1.807) is 19.1 Å². The lowest BCUT2D eigenvalue weighted by Crippen LogP contribution is -2.48. The molecule has 1 aromatic carbocycles. The van der Waals surface area contributed by atoms with E-state index in [1.807, 2.05) is 34.6 Å². The molecule has 0 N–H and O–H groups in total. The average Bonchev–Trinajstić information content (AvgIpc) is 2.92. The standard InChI is InChI=1S/C19H28N2O4S/c1-7-14(3)17(22)21-16(19(4,5)6)12-20(18(21)23)26(24,25)15-10-8-13(2)9-11-15/h8-11,14,16H,7,12H2,1-6H3/t14-,16+/m1/s1. The zero-order valence-electron chi connectivity index (χ0n) is 16.3. The summed E-state index contributed by atoms with van der Waals surface area (Å²) in [6, 6.07) is 5.10. The van der Waals surface area contributed by atoms with Crippen LogP contribution in [0.25, 0.3) is 0 Å². The molecule has 1 saturated heterocycles. The monoisotopic (exact) mass is 380 g/mol. The number of amides is 3. The Bertz CT molecular complexity index is 794. The summed E-state index contributed by atoms with van der Waals surface area (Å²) >= 11 is 0. The van der Waals surface area contributed by atoms with Crippen LogP contribution in [-0.2, 0) is 14.8 Å². The second kappa shape index (κ2) is 7.02. The van der Waals surface area contributed by atoms with Gasteiger partial charge in [-0.1, -0.05) is 52.3 Å². The molecule has 0 aromatic heterocycles. The Hall–Kier alpha value is -1.89. The number of benzene rings is 1. The molecule has 7 heteroatoms. The van der Waals surface area contributed by atoms with Gasteiger partial charge in [0.05, 0.1) is 17.5 Å². The van der Waals surface area contributed by atoms with Crippen molar-refractivity contribution in [1.82, 2.24) is 9.21 Å². The highest BCUT2D eigenvalue weighted by atomic mass is 32.2. The van der Waals surface area contributed by atoms with E-state index in [4.69, 9.17) is 0 Å². The van der Waals surface area contributed by atoms with E-state index in [1.165, 1.54) is 12.1 Å². The summed E-state index contributed by atoms with van der Waals surface area (Å²) in [5.74, 6) is -0.662. The van der Waals surface area contributed by atoms with Crippen molar-refractivity contribution >= 4 is 22.0 Å². The molecule has 26 heavy (non-hydrogen) atoms. The smallest absolute Gasteiger partial charge is 0.274 e. The third kappa shape index (κ3) is 3.63. The Labute approximate surface area is 156 Å². The van der Waals surface area contributed by atoms with E-state index in [0.717, 1.165) is 14.8 Å². The molecule has 1 heterocycles. The molecule has 1 aromatic rings. The fourth-order valence-electron chi connectivity index (χ4n) is 2.93. The second-order valence-corrected chi connectivity index (χ2v) is 9.89. The molecule has 0 aliphatic carbocycles. The number of nitrogens with zero attached hydrogens (tertiary/aromatic N) is 2. The van der Waals surface area contributed by atoms with Crippen LogP contribution in [-0.4, -0.2) is 42.1 Å². The summed E-state index contributed by atoms with van der Waals surface area (Å²) in [6.45, 7) is 11.2. The molecule has 1 aliphatic rings. The number of sulfonamides is 1. The van der Waals surface area contributed by atoms with Crippen LogP contribution >= 0.6 is 0 Å². The minimum absolute atomic E-state index is 0.0271. The lowest BCUT2D eigenvalue weighted by Gasteiger charge is -2.33. The molecule has 2 rings (SSSR count). The van der Waals surface area contributed by atoms with E-state index < -0.39 is 27.5 Å². The minimum atomic E-state index is -4.01. The lowest BCUT2D eigenvalue weighted by molar-refractivity contribution is -0.134. The van der Waals surface area contributed by atoms with E-state index in [-0.39, 0.29) is 23.3 Å². The first-order valence-electron chi connectivity index (χ1n) is 8.87. The average molecular weight is 381 g/mol. The van der Waals surface area contributed by atoms with Gasteiger partial charge in [-0.25, -0.2) is 17.5 Å². The fraction of sp³-hybridized carbons (Fsp3) is 0.579. The van der Waals surface area contributed by atoms with E-state index in [2.05, 4.69) is 0 Å². The topological polar surface area (TPSA) is 74.8 Å². The summed E-state index contributed by atoms with van der Waals surface area (Å²) in [4.78, 5) is 27.0. The number of carbonyl (C=O) groups is 2. The van der Waals surface area contributed by atoms with Gasteiger partial charge < -0.3 is 0 Å². The fourth-order valence-corrected chi connectivity index (χ4v) is 4.30. The zero-order valence-corrected chi connectivity index (χ0v) is 17.1. The number of hydrogen-bond donors (Lipinski definition) is 0. The van der Waals surface area contributed by atoms with E-state index in [9.17, 15) is 18.0 Å². The molecule has 0 radical (unpaired) electrons. The second-order valence-electron chi connectivity index (χ2n) is 8.03. The molecular weight excluding hydrogens is 352 g/mol. The lowest BCUT2D eigenvalue weighted by atomic mass is 9.86. The van der Waals surface area contributed by atoms with Crippen LogP contribution in [0.2, 0.25) is 0 Å². The van der Waals surface area contributed by atoms with Gasteiger partial charge in [0.25, 0.3) is 10.0 Å². The van der Waals surface area contributed by atoms with E-state index >= 15 is 0 Å². The number of urea groups is 1. The highest BCUT2D eigenvalue weighted by molar-refractivity contribution is 7.89. The van der Waals surface area contributed by atoms with Crippen molar-refractivity contribution in [2.45, 2.75) is 58.9 Å². The molecule has 1 fully saturated rings. The van der Waals surface area contributed by atoms with Crippen LogP contribution in [0.15, 0.2) is 29.2 Å². The van der Waals surface area contributed by atoms with Crippen LogP contribution < -0.4 is 0 Å². The van der Waals surface area contributed by atoms with Crippen LogP contribution in [0.4, 0.5) is 4.79 Å². The van der Waals surface area contributed by atoms with Crippen LogP contribution in [0.5, 0.6) is 0 Å². The molecule has 0 saturated carbocycles. The summed E-state index contributed by atoms with van der Waals surface area (Å²) in [7, 11) is -4.01. The van der Waals surface area contributed by atoms with Crippen molar-refractivity contribution in [3.05, 3.63) is 29.8 Å². The Kier molecular flexibility index (Phi) is 5.52. The quantitative estimate of drug-likeness (QED) is 0.802. The Morgan fingerprint density at radius 1 is 1.23 bits per heavy atom. The molecule has 0 spiro atoms. The Morgan fingerprint density at radius 2 is 1.77 bits per heavy atom. The first kappa shape index (κ1) is 20.4. The molecule has 0 unspecified atom stereocenters. The zero-order chi connectivity index (χ0) is 19.9. The van der Waals surface area contributed by atoms with Crippen molar-refractivity contribution in [3.8, 4) is 0 Å². The SMILES string of the molecule is CC[C@@H](C)C(=O)N1C(=O)N(S(=O)(=O)c2ccc(C)cc2)C[C@H]1C(C)(C)C. The minimum Gasteiger partial charge on any atom is -0.274 e. The Balaban J connectivity index is 2.47. The maximum atomic E-state index is 13.0. The summed E-state index contributed by atoms with van der Waals surface area (Å²) in [5, 5.41) is 0. The molecule has 1 aliphatic heterocycles. The highest BCUT2D eigenvalue weighted by Gasteiger charge is 2.51. The van der Waals surface area contributed by atoms with Crippen molar-refractivity contribution in [1.29, 1.82) is 0 Å². The predicted octanol–water partition coefficient (Wildman–Crippen LogP) is 3.41. The largest absolute Gasteiger partial charge is 0.341 e. The maximum Gasteiger partial charge on any atom is 0.341 e. The van der Waals surface area contributed by atoms with Gasteiger partial charge in [-0.05, 0) is 30.9 Å². The number of carbonyl (C=O) groups excluding carboxylic acids is 2. The van der Waals surface area contributed by atoms with Gasteiger partial charge in [-0.2, -0.15) is 0 Å². The van der Waals surface area contributed by atoms with Gasteiger partial charge in [0.1, 0.15) is 0 Å². The van der Waals surface area contributed by atoms with Gasteiger partial charge in [-0.3, -0.25) is 9.69 Å². The van der Waals surface area contributed by atoms with Gasteiger partial charge in [0, 0.05) is 5.92 Å². The number of hydrogen-bond acceptors (Lipinski definition) is 4. The summed E-state index contributed by atoms with van der Waals surface area (Å²) in [5.41, 5.74) is 0.494.